The van der Waals surface area contributed by atoms with Gasteiger partial charge in [0.25, 0.3) is 0 Å². The lowest BCUT2D eigenvalue weighted by Gasteiger charge is -2.38. The summed E-state index contributed by atoms with van der Waals surface area (Å²) in [6.07, 6.45) is 7.55. The molecule has 2 unspecified atom stereocenters. The van der Waals surface area contributed by atoms with Crippen LogP contribution >= 0.6 is 0 Å². The standard InChI is InChI=1S/C20H36O3/c1-7-20(22,15(2)3)18-10-9-17(16(4)13-18)14-19(5,6)23-12-8-11-21/h9-10,15-16,21-22H,7-8,11-14H2,1-6H3. The van der Waals surface area contributed by atoms with Crippen molar-refractivity contribution >= 4 is 0 Å². The number of aliphatic hydroxyl groups excluding tert-OH is 1. The van der Waals surface area contributed by atoms with E-state index >= 15 is 0 Å². The molecule has 0 aliphatic heterocycles. The van der Waals surface area contributed by atoms with Gasteiger partial charge in [-0.1, -0.05) is 45.4 Å². The Balaban J connectivity index is 2.83. The fourth-order valence-electron chi connectivity index (χ4n) is 3.42. The normalized spacial score (nSPS) is 21.9. The molecule has 1 rings (SSSR count). The highest BCUT2D eigenvalue weighted by atomic mass is 16.5. The van der Waals surface area contributed by atoms with Crippen molar-refractivity contribution in [1.29, 1.82) is 0 Å². The van der Waals surface area contributed by atoms with Crippen molar-refractivity contribution in [3.8, 4) is 0 Å². The van der Waals surface area contributed by atoms with Gasteiger partial charge in [0, 0.05) is 13.2 Å². The fraction of sp³-hybridized carbons (Fsp3) is 0.800. The van der Waals surface area contributed by atoms with E-state index in [4.69, 9.17) is 9.84 Å². The molecule has 0 radical (unpaired) electrons. The molecule has 0 aromatic heterocycles. The highest BCUT2D eigenvalue weighted by molar-refractivity contribution is 5.32. The average Bonchev–Trinajstić information content (AvgIpc) is 2.48. The van der Waals surface area contributed by atoms with Crippen molar-refractivity contribution in [3.63, 3.8) is 0 Å². The molecule has 2 N–H and O–H groups in total. The van der Waals surface area contributed by atoms with Crippen LogP contribution in [0.4, 0.5) is 0 Å². The molecule has 0 amide bonds. The van der Waals surface area contributed by atoms with E-state index in [1.54, 1.807) is 0 Å². The van der Waals surface area contributed by atoms with Gasteiger partial charge in [-0.15, -0.1) is 0 Å². The zero-order chi connectivity index (χ0) is 17.7. The van der Waals surface area contributed by atoms with Crippen LogP contribution in [0.1, 0.15) is 67.2 Å². The summed E-state index contributed by atoms with van der Waals surface area (Å²) in [4.78, 5) is 0. The van der Waals surface area contributed by atoms with Crippen LogP contribution in [0.25, 0.3) is 0 Å². The summed E-state index contributed by atoms with van der Waals surface area (Å²) < 4.78 is 5.90. The molecule has 23 heavy (non-hydrogen) atoms. The van der Waals surface area contributed by atoms with Gasteiger partial charge in [-0.25, -0.2) is 0 Å². The van der Waals surface area contributed by atoms with E-state index in [0.29, 0.717) is 18.9 Å². The second kappa shape index (κ2) is 8.46. The smallest absolute Gasteiger partial charge is 0.0880 e. The third-order valence-corrected chi connectivity index (χ3v) is 5.13. The average molecular weight is 325 g/mol. The Morgan fingerprint density at radius 3 is 2.43 bits per heavy atom. The molecule has 0 aromatic carbocycles. The fourth-order valence-corrected chi connectivity index (χ4v) is 3.42. The molecule has 2 atom stereocenters. The second-order valence-electron chi connectivity index (χ2n) is 7.83. The number of ether oxygens (including phenoxy) is 1. The minimum Gasteiger partial charge on any atom is -0.396 e. The summed E-state index contributed by atoms with van der Waals surface area (Å²) in [6.45, 7) is 13.4. The van der Waals surface area contributed by atoms with Crippen LogP contribution in [-0.4, -0.2) is 34.6 Å². The highest BCUT2D eigenvalue weighted by Gasteiger charge is 2.35. The van der Waals surface area contributed by atoms with Crippen LogP contribution in [-0.2, 0) is 4.74 Å². The molecule has 0 heterocycles. The first-order valence-electron chi connectivity index (χ1n) is 9.03. The predicted octanol–water partition coefficient (Wildman–Crippen LogP) is 4.24. The number of aliphatic hydroxyl groups is 2. The van der Waals surface area contributed by atoms with Crippen molar-refractivity contribution in [2.75, 3.05) is 13.2 Å². The second-order valence-corrected chi connectivity index (χ2v) is 7.83. The van der Waals surface area contributed by atoms with Gasteiger partial charge in [0.05, 0.1) is 11.2 Å². The van der Waals surface area contributed by atoms with E-state index in [1.807, 2.05) is 0 Å². The molecule has 0 bridgehead atoms. The maximum absolute atomic E-state index is 11.0. The zero-order valence-electron chi connectivity index (χ0n) is 15.9. The summed E-state index contributed by atoms with van der Waals surface area (Å²) in [6, 6.07) is 0. The van der Waals surface area contributed by atoms with E-state index in [-0.39, 0.29) is 18.1 Å². The lowest BCUT2D eigenvalue weighted by Crippen LogP contribution is -2.38. The van der Waals surface area contributed by atoms with Crippen molar-refractivity contribution in [3.05, 3.63) is 23.3 Å². The van der Waals surface area contributed by atoms with Gasteiger partial charge in [0.2, 0.25) is 0 Å². The molecule has 134 valence electrons. The van der Waals surface area contributed by atoms with Crippen LogP contribution in [0.3, 0.4) is 0 Å². The maximum Gasteiger partial charge on any atom is 0.0880 e. The van der Waals surface area contributed by atoms with Gasteiger partial charge >= 0.3 is 0 Å². The van der Waals surface area contributed by atoms with Crippen molar-refractivity contribution in [2.24, 2.45) is 11.8 Å². The lowest BCUT2D eigenvalue weighted by molar-refractivity contribution is -0.0237. The Labute approximate surface area is 142 Å². The number of hydrogen-bond acceptors (Lipinski definition) is 3. The molecular weight excluding hydrogens is 288 g/mol. The largest absolute Gasteiger partial charge is 0.396 e. The molecule has 1 aliphatic carbocycles. The van der Waals surface area contributed by atoms with Gasteiger partial charge in [0.15, 0.2) is 0 Å². The predicted molar refractivity (Wildman–Crippen MR) is 96.4 cm³/mol. The van der Waals surface area contributed by atoms with Crippen LogP contribution < -0.4 is 0 Å². The monoisotopic (exact) mass is 324 g/mol. The zero-order valence-corrected chi connectivity index (χ0v) is 15.9. The van der Waals surface area contributed by atoms with E-state index in [1.165, 1.54) is 5.57 Å². The van der Waals surface area contributed by atoms with Crippen molar-refractivity contribution < 1.29 is 14.9 Å². The summed E-state index contributed by atoms with van der Waals surface area (Å²) in [5.74, 6) is 0.645. The topological polar surface area (TPSA) is 49.7 Å². The first-order chi connectivity index (χ1) is 10.7. The number of hydrogen-bond donors (Lipinski definition) is 2. The van der Waals surface area contributed by atoms with E-state index in [2.05, 4.69) is 53.7 Å². The lowest BCUT2D eigenvalue weighted by atomic mass is 9.73. The van der Waals surface area contributed by atoms with E-state index in [9.17, 15) is 5.11 Å². The Bertz CT molecular complexity index is 434. The van der Waals surface area contributed by atoms with Gasteiger partial charge in [0.1, 0.15) is 0 Å². The molecular formula is C20H36O3. The van der Waals surface area contributed by atoms with Gasteiger partial charge < -0.3 is 14.9 Å². The van der Waals surface area contributed by atoms with Crippen molar-refractivity contribution in [2.45, 2.75) is 78.4 Å². The quantitative estimate of drug-likeness (QED) is 0.624. The first-order valence-corrected chi connectivity index (χ1v) is 9.03. The summed E-state index contributed by atoms with van der Waals surface area (Å²) in [5, 5.41) is 19.8. The molecule has 0 aromatic rings. The molecule has 0 fully saturated rings. The summed E-state index contributed by atoms with van der Waals surface area (Å²) in [7, 11) is 0. The number of rotatable bonds is 9. The van der Waals surface area contributed by atoms with Crippen LogP contribution in [0.5, 0.6) is 0 Å². The molecule has 0 saturated carbocycles. The summed E-state index contributed by atoms with van der Waals surface area (Å²) in [5.41, 5.74) is 1.62. The van der Waals surface area contributed by atoms with Crippen LogP contribution in [0, 0.1) is 11.8 Å². The third-order valence-electron chi connectivity index (χ3n) is 5.13. The Morgan fingerprint density at radius 2 is 1.96 bits per heavy atom. The van der Waals surface area contributed by atoms with Gasteiger partial charge in [-0.3, -0.25) is 0 Å². The molecule has 3 nitrogen and oxygen atoms in total. The maximum atomic E-state index is 11.0. The van der Waals surface area contributed by atoms with E-state index < -0.39 is 5.60 Å². The SMILES string of the molecule is CCC(O)(C1=CC=C(CC(C)(C)OCCCO)C(C)C1)C(C)C. The van der Waals surface area contributed by atoms with Crippen LogP contribution in [0.2, 0.25) is 0 Å². The van der Waals surface area contributed by atoms with E-state index in [0.717, 1.165) is 24.8 Å². The highest BCUT2D eigenvalue weighted by Crippen LogP contribution is 2.39. The van der Waals surface area contributed by atoms with Crippen LogP contribution in [0.15, 0.2) is 23.3 Å². The Morgan fingerprint density at radius 1 is 1.30 bits per heavy atom. The Hall–Kier alpha value is -0.640. The van der Waals surface area contributed by atoms with Gasteiger partial charge in [-0.2, -0.15) is 0 Å². The molecule has 1 aliphatic rings. The first kappa shape index (κ1) is 20.4. The van der Waals surface area contributed by atoms with Gasteiger partial charge in [-0.05, 0) is 56.9 Å². The Kier molecular flexibility index (Phi) is 7.50. The minimum atomic E-state index is -0.691. The number of allylic oxidation sites excluding steroid dienone is 2. The molecule has 0 saturated heterocycles. The molecule has 0 spiro atoms. The minimum absolute atomic E-state index is 0.173. The third kappa shape index (κ3) is 5.44. The molecule has 3 heteroatoms. The summed E-state index contributed by atoms with van der Waals surface area (Å²) >= 11 is 0. The van der Waals surface area contributed by atoms with Crippen molar-refractivity contribution in [1.82, 2.24) is 0 Å².